The number of carbonyl (C=O) groups is 1. The summed E-state index contributed by atoms with van der Waals surface area (Å²) in [6.07, 6.45) is 0. The highest BCUT2D eigenvalue weighted by Gasteiger charge is 2.22. The van der Waals surface area contributed by atoms with E-state index >= 15 is 0 Å². The first-order valence-electron chi connectivity index (χ1n) is 9.16. The van der Waals surface area contributed by atoms with E-state index in [2.05, 4.69) is 23.7 Å². The van der Waals surface area contributed by atoms with Gasteiger partial charge in [-0.05, 0) is 51.6 Å². The Bertz CT molecular complexity index is 756. The van der Waals surface area contributed by atoms with Gasteiger partial charge < -0.3 is 9.80 Å². The van der Waals surface area contributed by atoms with E-state index in [1.54, 1.807) is 6.07 Å². The second-order valence-electron chi connectivity index (χ2n) is 6.30. The number of hydrogen-bond acceptors (Lipinski definition) is 4. The predicted octanol–water partition coefficient (Wildman–Crippen LogP) is 4.37. The standard InChI is InChI=1S/C20H28FN3OS/c1-6-23(7-2)11-12-24(8-3)20(25)18-15(5)22-19(26-18)17-13-16(21)10-9-14(17)4/h9-10,13H,6-8,11-12H2,1-5H3. The summed E-state index contributed by atoms with van der Waals surface area (Å²) in [7, 11) is 0. The zero-order chi connectivity index (χ0) is 19.3. The first-order chi connectivity index (χ1) is 12.4. The van der Waals surface area contributed by atoms with E-state index < -0.39 is 0 Å². The number of aromatic nitrogens is 1. The van der Waals surface area contributed by atoms with E-state index in [4.69, 9.17) is 0 Å². The number of halogens is 1. The van der Waals surface area contributed by atoms with Gasteiger partial charge in [0.05, 0.1) is 5.69 Å². The third-order valence-electron chi connectivity index (χ3n) is 4.67. The molecule has 142 valence electrons. The van der Waals surface area contributed by atoms with Crippen LogP contribution in [0.1, 0.15) is 41.7 Å². The van der Waals surface area contributed by atoms with Crippen molar-refractivity contribution < 1.29 is 9.18 Å². The first kappa shape index (κ1) is 20.5. The Morgan fingerprint density at radius 2 is 1.81 bits per heavy atom. The van der Waals surface area contributed by atoms with Gasteiger partial charge in [-0.2, -0.15) is 0 Å². The summed E-state index contributed by atoms with van der Waals surface area (Å²) in [6.45, 7) is 14.2. The smallest absolute Gasteiger partial charge is 0.265 e. The second-order valence-corrected chi connectivity index (χ2v) is 7.30. The Hall–Kier alpha value is -1.79. The van der Waals surface area contributed by atoms with Gasteiger partial charge in [-0.15, -0.1) is 11.3 Å². The highest BCUT2D eigenvalue weighted by atomic mass is 32.1. The first-order valence-corrected chi connectivity index (χ1v) is 9.98. The molecule has 6 heteroatoms. The summed E-state index contributed by atoms with van der Waals surface area (Å²) >= 11 is 1.35. The Kier molecular flexibility index (Phi) is 7.29. The Morgan fingerprint density at radius 3 is 2.42 bits per heavy atom. The molecular weight excluding hydrogens is 349 g/mol. The summed E-state index contributed by atoms with van der Waals surface area (Å²) in [5, 5.41) is 0.697. The van der Waals surface area contributed by atoms with Crippen molar-refractivity contribution >= 4 is 17.2 Å². The van der Waals surface area contributed by atoms with Crippen molar-refractivity contribution in [2.75, 3.05) is 32.7 Å². The lowest BCUT2D eigenvalue weighted by Gasteiger charge is -2.25. The van der Waals surface area contributed by atoms with Gasteiger partial charge in [-0.3, -0.25) is 4.79 Å². The number of amides is 1. The van der Waals surface area contributed by atoms with Gasteiger partial charge in [0.25, 0.3) is 5.91 Å². The molecule has 0 atom stereocenters. The van der Waals surface area contributed by atoms with Crippen molar-refractivity contribution in [3.8, 4) is 10.6 Å². The lowest BCUT2D eigenvalue weighted by Crippen LogP contribution is -2.38. The van der Waals surface area contributed by atoms with Crippen LogP contribution in [0.15, 0.2) is 18.2 Å². The molecule has 0 aliphatic heterocycles. The van der Waals surface area contributed by atoms with Crippen molar-refractivity contribution in [1.29, 1.82) is 0 Å². The molecule has 1 amide bonds. The molecule has 0 saturated carbocycles. The SMILES string of the molecule is CCN(CC)CCN(CC)C(=O)c1sc(-c2cc(F)ccc2C)nc1C. The van der Waals surface area contributed by atoms with Crippen LogP contribution in [-0.2, 0) is 0 Å². The third-order valence-corrected chi connectivity index (χ3v) is 5.85. The molecule has 0 unspecified atom stereocenters. The summed E-state index contributed by atoms with van der Waals surface area (Å²) < 4.78 is 13.6. The summed E-state index contributed by atoms with van der Waals surface area (Å²) in [6, 6.07) is 4.67. The molecule has 1 aromatic carbocycles. The van der Waals surface area contributed by atoms with Crippen LogP contribution in [0.3, 0.4) is 0 Å². The van der Waals surface area contributed by atoms with Crippen LogP contribution in [0.5, 0.6) is 0 Å². The highest BCUT2D eigenvalue weighted by molar-refractivity contribution is 7.17. The second kappa shape index (κ2) is 9.24. The fourth-order valence-electron chi connectivity index (χ4n) is 2.88. The maximum atomic E-state index is 13.6. The molecule has 0 aliphatic carbocycles. The molecular formula is C20H28FN3OS. The van der Waals surface area contributed by atoms with Crippen LogP contribution in [0, 0.1) is 19.7 Å². The lowest BCUT2D eigenvalue weighted by molar-refractivity contribution is 0.0750. The fourth-order valence-corrected chi connectivity index (χ4v) is 4.00. The van der Waals surface area contributed by atoms with E-state index in [9.17, 15) is 9.18 Å². The van der Waals surface area contributed by atoms with Crippen molar-refractivity contribution in [3.05, 3.63) is 40.2 Å². The van der Waals surface area contributed by atoms with Gasteiger partial charge in [-0.1, -0.05) is 19.9 Å². The van der Waals surface area contributed by atoms with Crippen LogP contribution in [0.25, 0.3) is 10.6 Å². The van der Waals surface area contributed by atoms with Gasteiger partial charge in [0, 0.05) is 25.2 Å². The van der Waals surface area contributed by atoms with E-state index in [0.717, 1.165) is 30.8 Å². The summed E-state index contributed by atoms with van der Waals surface area (Å²) in [5.41, 5.74) is 2.41. The maximum absolute atomic E-state index is 13.6. The number of rotatable bonds is 8. The zero-order valence-corrected chi connectivity index (χ0v) is 17.1. The number of nitrogens with zero attached hydrogens (tertiary/aromatic N) is 3. The molecule has 0 aliphatic rings. The Balaban J connectivity index is 2.23. The number of carbonyl (C=O) groups excluding carboxylic acids is 1. The van der Waals surface area contributed by atoms with Crippen LogP contribution in [0.2, 0.25) is 0 Å². The van der Waals surface area contributed by atoms with Gasteiger partial charge in [0.15, 0.2) is 0 Å². The summed E-state index contributed by atoms with van der Waals surface area (Å²) in [4.78, 5) is 22.3. The molecule has 0 radical (unpaired) electrons. The molecule has 0 spiro atoms. The largest absolute Gasteiger partial charge is 0.337 e. The Morgan fingerprint density at radius 1 is 1.12 bits per heavy atom. The lowest BCUT2D eigenvalue weighted by atomic mass is 10.1. The number of thiazole rings is 1. The van der Waals surface area contributed by atoms with Crippen molar-refractivity contribution in [3.63, 3.8) is 0 Å². The molecule has 2 aromatic rings. The quantitative estimate of drug-likeness (QED) is 0.685. The van der Waals surface area contributed by atoms with Crippen LogP contribution >= 0.6 is 11.3 Å². The van der Waals surface area contributed by atoms with Gasteiger partial charge in [-0.25, -0.2) is 9.37 Å². The van der Waals surface area contributed by atoms with E-state index in [-0.39, 0.29) is 11.7 Å². The molecule has 0 saturated heterocycles. The molecule has 0 fully saturated rings. The minimum absolute atomic E-state index is 0.00922. The van der Waals surface area contributed by atoms with E-state index in [1.165, 1.54) is 23.5 Å². The average molecular weight is 378 g/mol. The van der Waals surface area contributed by atoms with E-state index in [1.807, 2.05) is 25.7 Å². The zero-order valence-electron chi connectivity index (χ0n) is 16.3. The van der Waals surface area contributed by atoms with Crippen LogP contribution in [0.4, 0.5) is 4.39 Å². The van der Waals surface area contributed by atoms with Gasteiger partial charge in [0.1, 0.15) is 15.7 Å². The van der Waals surface area contributed by atoms with Crippen molar-refractivity contribution in [2.24, 2.45) is 0 Å². The number of benzene rings is 1. The molecule has 0 bridgehead atoms. The molecule has 4 nitrogen and oxygen atoms in total. The molecule has 0 N–H and O–H groups in total. The highest BCUT2D eigenvalue weighted by Crippen LogP contribution is 2.31. The maximum Gasteiger partial charge on any atom is 0.265 e. The summed E-state index contributed by atoms with van der Waals surface area (Å²) in [5.74, 6) is -0.282. The number of aryl methyl sites for hydroxylation is 2. The van der Waals surface area contributed by atoms with Crippen molar-refractivity contribution in [2.45, 2.75) is 34.6 Å². The Labute approximate surface area is 159 Å². The average Bonchev–Trinajstić information content (AvgIpc) is 3.02. The minimum atomic E-state index is -0.291. The third kappa shape index (κ3) is 4.68. The van der Waals surface area contributed by atoms with Crippen molar-refractivity contribution in [1.82, 2.24) is 14.8 Å². The van der Waals surface area contributed by atoms with Gasteiger partial charge in [0.2, 0.25) is 0 Å². The molecule has 1 aromatic heterocycles. The monoisotopic (exact) mass is 377 g/mol. The van der Waals surface area contributed by atoms with Crippen LogP contribution in [-0.4, -0.2) is 53.4 Å². The van der Waals surface area contributed by atoms with E-state index in [0.29, 0.717) is 28.7 Å². The molecule has 26 heavy (non-hydrogen) atoms. The molecule has 1 heterocycles. The topological polar surface area (TPSA) is 36.4 Å². The minimum Gasteiger partial charge on any atom is -0.337 e. The molecule has 2 rings (SSSR count). The van der Waals surface area contributed by atoms with Crippen LogP contribution < -0.4 is 0 Å². The fraction of sp³-hybridized carbons (Fsp3) is 0.500. The number of hydrogen-bond donors (Lipinski definition) is 0. The predicted molar refractivity (Wildman–Crippen MR) is 106 cm³/mol. The van der Waals surface area contributed by atoms with Gasteiger partial charge >= 0.3 is 0 Å². The normalized spacial score (nSPS) is 11.2. The number of likely N-dealkylation sites (N-methyl/N-ethyl adjacent to an activating group) is 2.